The topological polar surface area (TPSA) is 61.8 Å². The molecule has 1 aromatic rings. The third kappa shape index (κ3) is 9.14. The Hall–Kier alpha value is -0.450. The molecule has 31 heavy (non-hydrogen) atoms. The van der Waals surface area contributed by atoms with Gasteiger partial charge in [-0.2, -0.15) is 0 Å². The lowest BCUT2D eigenvalue weighted by Crippen LogP contribution is -2.43. The van der Waals surface area contributed by atoms with Crippen LogP contribution in [0.25, 0.3) is 0 Å². The van der Waals surface area contributed by atoms with Gasteiger partial charge in [-0.3, -0.25) is 9.89 Å². The van der Waals surface area contributed by atoms with Crippen LogP contribution in [0.1, 0.15) is 62.6 Å². The molecule has 1 saturated heterocycles. The van der Waals surface area contributed by atoms with Crippen LogP contribution >= 0.6 is 35.3 Å². The highest BCUT2D eigenvalue weighted by Gasteiger charge is 2.25. The number of piperidine rings is 1. The smallest absolute Gasteiger partial charge is 0.190 e. The number of aliphatic imine (C=N–C) groups is 1. The van der Waals surface area contributed by atoms with Gasteiger partial charge in [-0.25, -0.2) is 4.98 Å². The second-order valence-electron chi connectivity index (χ2n) is 8.78. The summed E-state index contributed by atoms with van der Waals surface area (Å²) < 4.78 is 6.04. The summed E-state index contributed by atoms with van der Waals surface area (Å²) in [6.45, 7) is 10.2. The Balaban J connectivity index is 0.00000341. The van der Waals surface area contributed by atoms with Crippen molar-refractivity contribution in [2.45, 2.75) is 71.4 Å². The summed E-state index contributed by atoms with van der Waals surface area (Å²) in [5, 5.41) is 10.4. The lowest BCUT2D eigenvalue weighted by atomic mass is 9.97. The largest absolute Gasteiger partial charge is 0.378 e. The SMILES string of the molecule is CCOC(CCNC(=NC)NCC1CCN(Cc2csc(C)n2)CC1)C1CCCC1.I. The molecule has 1 atom stereocenters. The summed E-state index contributed by atoms with van der Waals surface area (Å²) in [7, 11) is 1.87. The van der Waals surface area contributed by atoms with E-state index in [1.807, 2.05) is 7.05 Å². The monoisotopic (exact) mass is 563 g/mol. The van der Waals surface area contributed by atoms with Crippen LogP contribution in [-0.4, -0.2) is 61.8 Å². The molecule has 1 aliphatic heterocycles. The lowest BCUT2D eigenvalue weighted by molar-refractivity contribution is 0.0169. The summed E-state index contributed by atoms with van der Waals surface area (Å²) in [6, 6.07) is 0. The van der Waals surface area contributed by atoms with E-state index in [2.05, 4.69) is 44.7 Å². The van der Waals surface area contributed by atoms with E-state index >= 15 is 0 Å². The van der Waals surface area contributed by atoms with Gasteiger partial charge in [-0.15, -0.1) is 35.3 Å². The highest BCUT2D eigenvalue weighted by Crippen LogP contribution is 2.30. The first kappa shape index (κ1) is 26.8. The van der Waals surface area contributed by atoms with Crippen LogP contribution in [0.15, 0.2) is 10.4 Å². The Bertz CT molecular complexity index is 642. The number of thiazole rings is 1. The van der Waals surface area contributed by atoms with Crippen molar-refractivity contribution in [2.75, 3.05) is 39.8 Å². The number of nitrogens with one attached hydrogen (secondary N) is 2. The first-order chi connectivity index (χ1) is 14.7. The van der Waals surface area contributed by atoms with E-state index in [0.29, 0.717) is 12.0 Å². The predicted octanol–water partition coefficient (Wildman–Crippen LogP) is 4.43. The van der Waals surface area contributed by atoms with Crippen molar-refractivity contribution >= 4 is 41.3 Å². The van der Waals surface area contributed by atoms with Gasteiger partial charge in [-0.05, 0) is 70.9 Å². The van der Waals surface area contributed by atoms with Crippen LogP contribution in [0.4, 0.5) is 0 Å². The highest BCUT2D eigenvalue weighted by molar-refractivity contribution is 14.0. The number of ether oxygens (including phenoxy) is 1. The molecule has 0 amide bonds. The Labute approximate surface area is 210 Å². The predicted molar refractivity (Wildman–Crippen MR) is 142 cm³/mol. The van der Waals surface area contributed by atoms with Gasteiger partial charge < -0.3 is 15.4 Å². The molecular formula is C23H42IN5OS. The zero-order valence-corrected chi connectivity index (χ0v) is 22.7. The molecular weight excluding hydrogens is 521 g/mol. The second-order valence-corrected chi connectivity index (χ2v) is 9.85. The molecule has 2 N–H and O–H groups in total. The fourth-order valence-corrected chi connectivity index (χ4v) is 5.46. The number of hydrogen-bond donors (Lipinski definition) is 2. The molecule has 0 radical (unpaired) electrons. The van der Waals surface area contributed by atoms with E-state index in [1.54, 1.807) is 11.3 Å². The van der Waals surface area contributed by atoms with Gasteiger partial charge in [-0.1, -0.05) is 12.8 Å². The third-order valence-corrected chi connectivity index (χ3v) is 7.39. The number of aromatic nitrogens is 1. The van der Waals surface area contributed by atoms with Crippen molar-refractivity contribution in [2.24, 2.45) is 16.8 Å². The number of likely N-dealkylation sites (tertiary alicyclic amines) is 1. The normalized spacial score (nSPS) is 19.9. The van der Waals surface area contributed by atoms with Crippen LogP contribution in [0, 0.1) is 18.8 Å². The molecule has 8 heteroatoms. The van der Waals surface area contributed by atoms with E-state index in [9.17, 15) is 0 Å². The Kier molecular flexibility index (Phi) is 12.7. The molecule has 2 aliphatic rings. The zero-order chi connectivity index (χ0) is 21.2. The first-order valence-corrected chi connectivity index (χ1v) is 12.7. The van der Waals surface area contributed by atoms with Gasteiger partial charge in [0.25, 0.3) is 0 Å². The van der Waals surface area contributed by atoms with Crippen LogP contribution < -0.4 is 10.6 Å². The van der Waals surface area contributed by atoms with Crippen LogP contribution in [0.5, 0.6) is 0 Å². The van der Waals surface area contributed by atoms with Gasteiger partial charge in [0.2, 0.25) is 0 Å². The minimum absolute atomic E-state index is 0. The molecule has 2 fully saturated rings. The number of rotatable bonds is 10. The maximum absolute atomic E-state index is 6.04. The number of nitrogens with zero attached hydrogens (tertiary/aromatic N) is 3. The van der Waals surface area contributed by atoms with Crippen molar-refractivity contribution in [3.63, 3.8) is 0 Å². The van der Waals surface area contributed by atoms with Crippen molar-refractivity contribution in [1.82, 2.24) is 20.5 Å². The van der Waals surface area contributed by atoms with E-state index in [-0.39, 0.29) is 24.0 Å². The van der Waals surface area contributed by atoms with Crippen LogP contribution in [0.3, 0.4) is 0 Å². The number of aryl methyl sites for hydroxylation is 1. The summed E-state index contributed by atoms with van der Waals surface area (Å²) in [5.74, 6) is 2.39. The number of hydrogen-bond acceptors (Lipinski definition) is 5. The minimum atomic E-state index is 0. The molecule has 0 aromatic carbocycles. The molecule has 0 bridgehead atoms. The molecule has 1 saturated carbocycles. The standard InChI is InChI=1S/C23H41N5OS.HI/c1-4-29-22(20-7-5-6-8-20)9-12-25-23(24-3)26-15-19-10-13-28(14-11-19)16-21-17-30-18(2)27-21;/h17,19-20,22H,4-16H2,1-3H3,(H2,24,25,26);1H. The van der Waals surface area contributed by atoms with Gasteiger partial charge in [0.05, 0.1) is 16.8 Å². The van der Waals surface area contributed by atoms with E-state index in [1.165, 1.54) is 49.2 Å². The fourth-order valence-electron chi connectivity index (χ4n) is 4.85. The van der Waals surface area contributed by atoms with Crippen molar-refractivity contribution in [3.05, 3.63) is 16.1 Å². The van der Waals surface area contributed by atoms with Crippen molar-refractivity contribution < 1.29 is 4.74 Å². The quantitative estimate of drug-likeness (QED) is 0.251. The lowest BCUT2D eigenvalue weighted by Gasteiger charge is -2.31. The van der Waals surface area contributed by atoms with Crippen LogP contribution in [-0.2, 0) is 11.3 Å². The maximum atomic E-state index is 6.04. The molecule has 1 unspecified atom stereocenters. The maximum Gasteiger partial charge on any atom is 0.190 e. The molecule has 6 nitrogen and oxygen atoms in total. The van der Waals surface area contributed by atoms with Crippen molar-refractivity contribution in [3.8, 4) is 0 Å². The van der Waals surface area contributed by atoms with Crippen LogP contribution in [0.2, 0.25) is 0 Å². The average molecular weight is 564 g/mol. The third-order valence-electron chi connectivity index (χ3n) is 6.57. The summed E-state index contributed by atoms with van der Waals surface area (Å²) in [5.41, 5.74) is 1.22. The Morgan fingerprint density at radius 2 is 2.00 bits per heavy atom. The Morgan fingerprint density at radius 1 is 1.26 bits per heavy atom. The highest BCUT2D eigenvalue weighted by atomic mass is 127. The van der Waals surface area contributed by atoms with E-state index in [4.69, 9.17) is 4.74 Å². The number of halogens is 1. The molecule has 178 valence electrons. The Morgan fingerprint density at radius 3 is 2.61 bits per heavy atom. The number of guanidine groups is 1. The van der Waals surface area contributed by atoms with Gasteiger partial charge in [0.15, 0.2) is 5.96 Å². The first-order valence-electron chi connectivity index (χ1n) is 11.9. The van der Waals surface area contributed by atoms with E-state index < -0.39 is 0 Å². The fraction of sp³-hybridized carbons (Fsp3) is 0.826. The molecule has 1 aliphatic carbocycles. The minimum Gasteiger partial charge on any atom is -0.378 e. The van der Waals surface area contributed by atoms with Crippen molar-refractivity contribution in [1.29, 1.82) is 0 Å². The molecule has 1 aromatic heterocycles. The zero-order valence-electron chi connectivity index (χ0n) is 19.6. The molecule has 3 rings (SSSR count). The summed E-state index contributed by atoms with van der Waals surface area (Å²) in [4.78, 5) is 11.6. The van der Waals surface area contributed by atoms with Gasteiger partial charge in [0, 0.05) is 38.7 Å². The second kappa shape index (κ2) is 14.6. The van der Waals surface area contributed by atoms with E-state index in [0.717, 1.165) is 57.6 Å². The molecule has 2 heterocycles. The van der Waals surface area contributed by atoms with Gasteiger partial charge >= 0.3 is 0 Å². The molecule has 0 spiro atoms. The van der Waals surface area contributed by atoms with Gasteiger partial charge in [0.1, 0.15) is 0 Å². The summed E-state index contributed by atoms with van der Waals surface area (Å²) in [6.07, 6.45) is 9.33. The average Bonchev–Trinajstić information content (AvgIpc) is 3.43. The summed E-state index contributed by atoms with van der Waals surface area (Å²) >= 11 is 1.75.